The van der Waals surface area contributed by atoms with E-state index in [1.165, 1.54) is 25.3 Å². The minimum atomic E-state index is 0.0125. The highest BCUT2D eigenvalue weighted by molar-refractivity contribution is 5.46. The third kappa shape index (κ3) is 2.46. The maximum absolute atomic E-state index is 9.36. The largest absolute Gasteiger partial charge is 0.507 e. The topological polar surface area (TPSA) is 53.2 Å². The van der Waals surface area contributed by atoms with Gasteiger partial charge in [0.2, 0.25) is 0 Å². The highest BCUT2D eigenvalue weighted by Crippen LogP contribution is 2.26. The number of benzene rings is 1. The Kier molecular flexibility index (Phi) is 3.31. The average Bonchev–Trinajstić information content (AvgIpc) is 2.33. The van der Waals surface area contributed by atoms with Crippen LogP contribution in [-0.4, -0.2) is 11.2 Å². The summed E-state index contributed by atoms with van der Waals surface area (Å²) in [5.74, 6) is 0.694. The Morgan fingerprint density at radius 1 is 1.25 bits per heavy atom. The Labute approximate surface area is 95.3 Å². The van der Waals surface area contributed by atoms with E-state index in [1.54, 1.807) is 12.1 Å². The van der Waals surface area contributed by atoms with Gasteiger partial charge in [0.05, 0.1) is 11.7 Å². The molecule has 0 radical (unpaired) electrons. The third-order valence-electron chi connectivity index (χ3n) is 2.94. The maximum atomic E-state index is 9.36. The van der Waals surface area contributed by atoms with Crippen molar-refractivity contribution >= 4 is 0 Å². The predicted octanol–water partition coefficient (Wildman–Crippen LogP) is 2.98. The molecule has 0 atom stereocenters. The second-order valence-corrected chi connectivity index (χ2v) is 4.17. The Hall–Kier alpha value is -1.69. The lowest BCUT2D eigenvalue weighted by molar-refractivity contribution is 0.155. The number of aromatic hydroxyl groups is 1. The summed E-state index contributed by atoms with van der Waals surface area (Å²) in [7, 11) is 0. The second-order valence-electron chi connectivity index (χ2n) is 4.17. The molecule has 0 spiro atoms. The SMILES string of the molecule is N#Cc1cc(OC2CCCCC2)ccc1O. The van der Waals surface area contributed by atoms with Crippen molar-refractivity contribution in [1.82, 2.24) is 0 Å². The van der Waals surface area contributed by atoms with Gasteiger partial charge in [-0.3, -0.25) is 0 Å². The number of ether oxygens (including phenoxy) is 1. The van der Waals surface area contributed by atoms with Gasteiger partial charge in [-0.1, -0.05) is 6.42 Å². The molecule has 1 aliphatic carbocycles. The fourth-order valence-electron chi connectivity index (χ4n) is 2.05. The van der Waals surface area contributed by atoms with Crippen molar-refractivity contribution in [2.45, 2.75) is 38.2 Å². The summed E-state index contributed by atoms with van der Waals surface area (Å²) in [6.07, 6.45) is 6.16. The van der Waals surface area contributed by atoms with Crippen molar-refractivity contribution in [3.05, 3.63) is 23.8 Å². The van der Waals surface area contributed by atoms with Gasteiger partial charge >= 0.3 is 0 Å². The van der Waals surface area contributed by atoms with E-state index in [4.69, 9.17) is 10.00 Å². The molecule has 1 aliphatic rings. The molecule has 0 saturated heterocycles. The zero-order valence-electron chi connectivity index (χ0n) is 9.15. The predicted molar refractivity (Wildman–Crippen MR) is 60.3 cm³/mol. The minimum Gasteiger partial charge on any atom is -0.507 e. The molecule has 84 valence electrons. The van der Waals surface area contributed by atoms with E-state index >= 15 is 0 Å². The second kappa shape index (κ2) is 4.89. The van der Waals surface area contributed by atoms with Crippen LogP contribution in [0, 0.1) is 11.3 Å². The number of nitrogens with zero attached hydrogens (tertiary/aromatic N) is 1. The van der Waals surface area contributed by atoms with Crippen LogP contribution in [0.3, 0.4) is 0 Å². The lowest BCUT2D eigenvalue weighted by atomic mass is 9.98. The maximum Gasteiger partial charge on any atom is 0.133 e. The summed E-state index contributed by atoms with van der Waals surface area (Å²) >= 11 is 0. The zero-order chi connectivity index (χ0) is 11.4. The monoisotopic (exact) mass is 217 g/mol. The number of hydrogen-bond acceptors (Lipinski definition) is 3. The number of phenolic OH excluding ortho intramolecular Hbond substituents is 1. The first-order valence-corrected chi connectivity index (χ1v) is 5.69. The third-order valence-corrected chi connectivity index (χ3v) is 2.94. The van der Waals surface area contributed by atoms with Crippen LogP contribution >= 0.6 is 0 Å². The van der Waals surface area contributed by atoms with Crippen LogP contribution in [0.2, 0.25) is 0 Å². The molecule has 1 aromatic rings. The molecule has 1 saturated carbocycles. The van der Waals surface area contributed by atoms with Crippen LogP contribution in [0.4, 0.5) is 0 Å². The zero-order valence-corrected chi connectivity index (χ0v) is 9.15. The summed E-state index contributed by atoms with van der Waals surface area (Å²) in [4.78, 5) is 0. The van der Waals surface area contributed by atoms with Crippen molar-refractivity contribution in [2.75, 3.05) is 0 Å². The van der Waals surface area contributed by atoms with Gasteiger partial charge in [-0.15, -0.1) is 0 Å². The fourth-order valence-corrected chi connectivity index (χ4v) is 2.05. The highest BCUT2D eigenvalue weighted by atomic mass is 16.5. The van der Waals surface area contributed by atoms with Gasteiger partial charge in [-0.05, 0) is 37.8 Å². The van der Waals surface area contributed by atoms with Gasteiger partial charge in [-0.25, -0.2) is 0 Å². The van der Waals surface area contributed by atoms with Gasteiger partial charge in [0.1, 0.15) is 17.6 Å². The number of nitriles is 1. The van der Waals surface area contributed by atoms with Crippen molar-refractivity contribution in [1.29, 1.82) is 5.26 Å². The molecule has 16 heavy (non-hydrogen) atoms. The minimum absolute atomic E-state index is 0.0125. The van der Waals surface area contributed by atoms with E-state index in [0.717, 1.165) is 12.8 Å². The lowest BCUT2D eigenvalue weighted by Gasteiger charge is -2.23. The molecular weight excluding hydrogens is 202 g/mol. The number of hydrogen-bond donors (Lipinski definition) is 1. The molecule has 0 bridgehead atoms. The summed E-state index contributed by atoms with van der Waals surface area (Å²) in [6.45, 7) is 0. The summed E-state index contributed by atoms with van der Waals surface area (Å²) < 4.78 is 5.79. The summed E-state index contributed by atoms with van der Waals surface area (Å²) in [5, 5.41) is 18.1. The molecule has 0 aliphatic heterocycles. The Morgan fingerprint density at radius 3 is 2.69 bits per heavy atom. The number of rotatable bonds is 2. The van der Waals surface area contributed by atoms with Crippen LogP contribution in [-0.2, 0) is 0 Å². The van der Waals surface area contributed by atoms with Gasteiger partial charge in [0, 0.05) is 6.07 Å². The highest BCUT2D eigenvalue weighted by Gasteiger charge is 2.15. The summed E-state index contributed by atoms with van der Waals surface area (Å²) in [5.41, 5.74) is 0.272. The Balaban J connectivity index is 2.06. The molecule has 0 aromatic heterocycles. The van der Waals surface area contributed by atoms with E-state index in [-0.39, 0.29) is 17.4 Å². The van der Waals surface area contributed by atoms with Crippen molar-refractivity contribution < 1.29 is 9.84 Å². The smallest absolute Gasteiger partial charge is 0.133 e. The van der Waals surface area contributed by atoms with Crippen LogP contribution in [0.5, 0.6) is 11.5 Å². The molecule has 0 unspecified atom stereocenters. The van der Waals surface area contributed by atoms with Crippen molar-refractivity contribution in [3.63, 3.8) is 0 Å². The Bertz CT molecular complexity index is 403. The lowest BCUT2D eigenvalue weighted by Crippen LogP contribution is -2.19. The number of phenols is 1. The molecular formula is C13H15NO2. The van der Waals surface area contributed by atoms with Gasteiger partial charge in [0.15, 0.2) is 0 Å². The van der Waals surface area contributed by atoms with Crippen LogP contribution in [0.1, 0.15) is 37.7 Å². The quantitative estimate of drug-likeness (QED) is 0.828. The van der Waals surface area contributed by atoms with Gasteiger partial charge in [0.25, 0.3) is 0 Å². The van der Waals surface area contributed by atoms with E-state index < -0.39 is 0 Å². The van der Waals surface area contributed by atoms with Crippen LogP contribution in [0.25, 0.3) is 0 Å². The molecule has 0 amide bonds. The molecule has 2 rings (SSSR count). The first-order valence-electron chi connectivity index (χ1n) is 5.69. The Morgan fingerprint density at radius 2 is 2.00 bits per heavy atom. The summed E-state index contributed by atoms with van der Waals surface area (Å²) in [6, 6.07) is 6.77. The molecule has 3 nitrogen and oxygen atoms in total. The molecule has 1 aromatic carbocycles. The van der Waals surface area contributed by atoms with Crippen LogP contribution in [0.15, 0.2) is 18.2 Å². The van der Waals surface area contributed by atoms with Crippen molar-refractivity contribution in [2.24, 2.45) is 0 Å². The molecule has 1 fully saturated rings. The van der Waals surface area contributed by atoms with E-state index in [2.05, 4.69) is 0 Å². The fraction of sp³-hybridized carbons (Fsp3) is 0.462. The van der Waals surface area contributed by atoms with E-state index in [1.807, 2.05) is 6.07 Å². The normalized spacial score (nSPS) is 16.7. The first-order chi connectivity index (χ1) is 7.79. The van der Waals surface area contributed by atoms with Crippen molar-refractivity contribution in [3.8, 4) is 17.6 Å². The van der Waals surface area contributed by atoms with Gasteiger partial charge < -0.3 is 9.84 Å². The molecule has 0 heterocycles. The van der Waals surface area contributed by atoms with Crippen LogP contribution < -0.4 is 4.74 Å². The molecule has 1 N–H and O–H groups in total. The van der Waals surface area contributed by atoms with Gasteiger partial charge in [-0.2, -0.15) is 5.26 Å². The van der Waals surface area contributed by atoms with E-state index in [0.29, 0.717) is 5.75 Å². The average molecular weight is 217 g/mol. The van der Waals surface area contributed by atoms with E-state index in [9.17, 15) is 5.11 Å². The molecule has 3 heteroatoms. The standard InChI is InChI=1S/C13H15NO2/c14-9-10-8-12(6-7-13(10)15)16-11-4-2-1-3-5-11/h6-8,11,15H,1-5H2. The first kappa shape index (κ1) is 10.8.